The molecule has 7 heteroatoms. The van der Waals surface area contributed by atoms with E-state index in [0.717, 1.165) is 5.56 Å². The molecule has 0 unspecified atom stereocenters. The van der Waals surface area contributed by atoms with E-state index in [2.05, 4.69) is 5.32 Å². The van der Waals surface area contributed by atoms with Gasteiger partial charge in [0.15, 0.2) is 0 Å². The number of aryl methyl sites for hydroxylation is 1. The average Bonchev–Trinajstić information content (AvgIpc) is 2.59. The highest BCUT2D eigenvalue weighted by Gasteiger charge is 2.19. The van der Waals surface area contributed by atoms with E-state index < -0.39 is 10.8 Å². The zero-order valence-corrected chi connectivity index (χ0v) is 14.1. The van der Waals surface area contributed by atoms with Gasteiger partial charge in [0, 0.05) is 32.3 Å². The number of rotatable bonds is 6. The SMILES string of the molecule is CN(C)C(=O)CCc1cccc(NC(=O)c2ccccc2[N+](=O)[O-])c1. The fraction of sp³-hybridized carbons (Fsp3) is 0.222. The van der Waals surface area contributed by atoms with Gasteiger partial charge in [-0.25, -0.2) is 0 Å². The number of nitro groups is 1. The number of nitro benzene ring substituents is 1. The van der Waals surface area contributed by atoms with Crippen LogP contribution in [0.5, 0.6) is 0 Å². The van der Waals surface area contributed by atoms with Crippen LogP contribution < -0.4 is 5.32 Å². The van der Waals surface area contributed by atoms with Gasteiger partial charge >= 0.3 is 0 Å². The number of para-hydroxylation sites is 1. The van der Waals surface area contributed by atoms with Crippen molar-refractivity contribution in [1.82, 2.24) is 4.90 Å². The van der Waals surface area contributed by atoms with Gasteiger partial charge in [0.05, 0.1) is 4.92 Å². The molecule has 1 N–H and O–H groups in total. The van der Waals surface area contributed by atoms with Gasteiger partial charge in [-0.2, -0.15) is 0 Å². The van der Waals surface area contributed by atoms with Crippen LogP contribution in [0.2, 0.25) is 0 Å². The average molecular weight is 341 g/mol. The number of anilines is 1. The summed E-state index contributed by atoms with van der Waals surface area (Å²) in [5, 5.41) is 13.7. The maximum absolute atomic E-state index is 12.3. The highest BCUT2D eigenvalue weighted by molar-refractivity contribution is 6.07. The van der Waals surface area contributed by atoms with Crippen molar-refractivity contribution in [3.8, 4) is 0 Å². The lowest BCUT2D eigenvalue weighted by atomic mass is 10.1. The number of hydrogen-bond donors (Lipinski definition) is 1. The summed E-state index contributed by atoms with van der Waals surface area (Å²) >= 11 is 0. The molecule has 0 aliphatic carbocycles. The van der Waals surface area contributed by atoms with Crippen molar-refractivity contribution in [1.29, 1.82) is 0 Å². The molecule has 25 heavy (non-hydrogen) atoms. The number of hydrogen-bond acceptors (Lipinski definition) is 4. The number of nitrogens with one attached hydrogen (secondary N) is 1. The molecule has 0 fully saturated rings. The highest BCUT2D eigenvalue weighted by atomic mass is 16.6. The van der Waals surface area contributed by atoms with Crippen LogP contribution in [0, 0.1) is 10.1 Å². The standard InChI is InChI=1S/C18H19N3O4/c1-20(2)17(22)11-10-13-6-5-7-14(12-13)19-18(23)15-8-3-4-9-16(15)21(24)25/h3-9,12H,10-11H2,1-2H3,(H,19,23). The number of carbonyl (C=O) groups is 2. The lowest BCUT2D eigenvalue weighted by Crippen LogP contribution is -2.21. The van der Waals surface area contributed by atoms with Crippen molar-refractivity contribution in [3.63, 3.8) is 0 Å². The molecule has 0 aromatic heterocycles. The van der Waals surface area contributed by atoms with E-state index in [-0.39, 0.29) is 17.2 Å². The summed E-state index contributed by atoms with van der Waals surface area (Å²) in [6, 6.07) is 12.9. The minimum absolute atomic E-state index is 0.000638. The van der Waals surface area contributed by atoms with E-state index >= 15 is 0 Å². The van der Waals surface area contributed by atoms with Crippen LogP contribution in [0.25, 0.3) is 0 Å². The lowest BCUT2D eigenvalue weighted by Gasteiger charge is -2.11. The second kappa shape index (κ2) is 8.05. The van der Waals surface area contributed by atoms with Gasteiger partial charge in [-0.05, 0) is 30.2 Å². The predicted octanol–water partition coefficient (Wildman–Crippen LogP) is 2.87. The zero-order valence-electron chi connectivity index (χ0n) is 14.1. The van der Waals surface area contributed by atoms with Crippen molar-refractivity contribution in [2.75, 3.05) is 19.4 Å². The van der Waals surface area contributed by atoms with Gasteiger partial charge in [0.1, 0.15) is 5.56 Å². The molecule has 0 bridgehead atoms. The molecule has 0 heterocycles. The molecule has 0 radical (unpaired) electrons. The molecule has 0 spiro atoms. The van der Waals surface area contributed by atoms with Crippen LogP contribution in [0.4, 0.5) is 11.4 Å². The van der Waals surface area contributed by atoms with Crippen molar-refractivity contribution < 1.29 is 14.5 Å². The Bertz CT molecular complexity index is 802. The molecule has 130 valence electrons. The van der Waals surface area contributed by atoms with Crippen LogP contribution in [0.15, 0.2) is 48.5 Å². The van der Waals surface area contributed by atoms with Crippen molar-refractivity contribution in [3.05, 3.63) is 69.8 Å². The molecule has 2 amide bonds. The Morgan fingerprint density at radius 1 is 1.12 bits per heavy atom. The maximum atomic E-state index is 12.3. The molecule has 0 saturated carbocycles. The molecule has 0 aliphatic heterocycles. The monoisotopic (exact) mass is 341 g/mol. The molecule has 2 aromatic rings. The lowest BCUT2D eigenvalue weighted by molar-refractivity contribution is -0.385. The second-order valence-electron chi connectivity index (χ2n) is 5.72. The Kier molecular flexibility index (Phi) is 5.84. The maximum Gasteiger partial charge on any atom is 0.282 e. The summed E-state index contributed by atoms with van der Waals surface area (Å²) < 4.78 is 0. The minimum atomic E-state index is -0.585. The summed E-state index contributed by atoms with van der Waals surface area (Å²) in [6.45, 7) is 0. The predicted molar refractivity (Wildman–Crippen MR) is 94.5 cm³/mol. The smallest absolute Gasteiger partial charge is 0.282 e. The number of carbonyl (C=O) groups excluding carboxylic acids is 2. The van der Waals surface area contributed by atoms with Gasteiger partial charge in [-0.3, -0.25) is 19.7 Å². The molecule has 0 atom stereocenters. The minimum Gasteiger partial charge on any atom is -0.349 e. The van der Waals surface area contributed by atoms with Crippen LogP contribution in [-0.2, 0) is 11.2 Å². The fourth-order valence-electron chi connectivity index (χ4n) is 2.30. The highest BCUT2D eigenvalue weighted by Crippen LogP contribution is 2.20. The van der Waals surface area contributed by atoms with E-state index in [1.165, 1.54) is 23.1 Å². The van der Waals surface area contributed by atoms with E-state index in [9.17, 15) is 19.7 Å². The number of amides is 2. The summed E-state index contributed by atoms with van der Waals surface area (Å²) in [4.78, 5) is 36.0. The third kappa shape index (κ3) is 4.87. The van der Waals surface area contributed by atoms with E-state index in [1.54, 1.807) is 38.4 Å². The third-order valence-corrected chi connectivity index (χ3v) is 3.66. The first kappa shape index (κ1) is 18.1. The quantitative estimate of drug-likeness (QED) is 0.646. The topological polar surface area (TPSA) is 92.6 Å². The van der Waals surface area contributed by atoms with E-state index in [1.807, 2.05) is 6.07 Å². The summed E-state index contributed by atoms with van der Waals surface area (Å²) in [5.74, 6) is -0.525. The van der Waals surface area contributed by atoms with Gasteiger partial charge in [-0.15, -0.1) is 0 Å². The van der Waals surface area contributed by atoms with Gasteiger partial charge in [-0.1, -0.05) is 24.3 Å². The van der Waals surface area contributed by atoms with E-state index in [4.69, 9.17) is 0 Å². The molecule has 2 aromatic carbocycles. The normalized spacial score (nSPS) is 10.2. The third-order valence-electron chi connectivity index (χ3n) is 3.66. The van der Waals surface area contributed by atoms with Crippen LogP contribution in [-0.4, -0.2) is 35.7 Å². The summed E-state index contributed by atoms with van der Waals surface area (Å²) in [6.07, 6.45) is 0.917. The summed E-state index contributed by atoms with van der Waals surface area (Å²) in [7, 11) is 3.40. The number of nitrogens with zero attached hydrogens (tertiary/aromatic N) is 2. The Labute approximate surface area is 145 Å². The Morgan fingerprint density at radius 2 is 1.84 bits per heavy atom. The van der Waals surface area contributed by atoms with Crippen LogP contribution in [0.3, 0.4) is 0 Å². The first-order valence-electron chi connectivity index (χ1n) is 7.72. The molecule has 7 nitrogen and oxygen atoms in total. The van der Waals surface area contributed by atoms with Crippen molar-refractivity contribution in [2.24, 2.45) is 0 Å². The molecule has 0 aliphatic rings. The zero-order chi connectivity index (χ0) is 18.4. The van der Waals surface area contributed by atoms with Gasteiger partial charge in [0.2, 0.25) is 5.91 Å². The van der Waals surface area contributed by atoms with Gasteiger partial charge < -0.3 is 10.2 Å². The Hall–Kier alpha value is -3.22. The van der Waals surface area contributed by atoms with Crippen LogP contribution >= 0.6 is 0 Å². The Morgan fingerprint density at radius 3 is 2.52 bits per heavy atom. The first-order chi connectivity index (χ1) is 11.9. The molecule has 2 rings (SSSR count). The van der Waals surface area contributed by atoms with E-state index in [0.29, 0.717) is 18.5 Å². The van der Waals surface area contributed by atoms with Crippen molar-refractivity contribution in [2.45, 2.75) is 12.8 Å². The van der Waals surface area contributed by atoms with Crippen LogP contribution in [0.1, 0.15) is 22.3 Å². The molecular formula is C18H19N3O4. The second-order valence-corrected chi connectivity index (χ2v) is 5.72. The first-order valence-corrected chi connectivity index (χ1v) is 7.72. The van der Waals surface area contributed by atoms with Gasteiger partial charge in [0.25, 0.3) is 11.6 Å². The molecular weight excluding hydrogens is 322 g/mol. The number of benzene rings is 2. The fourth-order valence-corrected chi connectivity index (χ4v) is 2.30. The largest absolute Gasteiger partial charge is 0.349 e. The molecule has 0 saturated heterocycles. The van der Waals surface area contributed by atoms with Crippen molar-refractivity contribution >= 4 is 23.2 Å². The summed E-state index contributed by atoms with van der Waals surface area (Å²) in [5.41, 5.74) is 1.18. The Balaban J connectivity index is 2.11.